The summed E-state index contributed by atoms with van der Waals surface area (Å²) in [6.07, 6.45) is 9.61. The predicted octanol–water partition coefficient (Wildman–Crippen LogP) is 3.38. The highest BCUT2D eigenvalue weighted by Crippen LogP contribution is 2.33. The average molecular weight is 332 g/mol. The SMILES string of the molecule is CCCCN1CCC(CC2CCc3ccnc(C(=O)O)c3O2)CC1. The number of rotatable bonds is 6. The molecule has 5 heteroatoms. The number of aromatic carboxylic acids is 1. The number of hydrogen-bond donors (Lipinski definition) is 1. The first kappa shape index (κ1) is 17.2. The summed E-state index contributed by atoms with van der Waals surface area (Å²) in [6.45, 7) is 5.85. The Morgan fingerprint density at radius 2 is 2.17 bits per heavy atom. The van der Waals surface area contributed by atoms with E-state index in [1.165, 1.54) is 45.3 Å². The molecule has 1 saturated heterocycles. The van der Waals surface area contributed by atoms with Crippen molar-refractivity contribution in [2.75, 3.05) is 19.6 Å². The second kappa shape index (κ2) is 7.97. The van der Waals surface area contributed by atoms with E-state index in [1.807, 2.05) is 6.07 Å². The van der Waals surface area contributed by atoms with E-state index in [4.69, 9.17) is 4.74 Å². The molecule has 0 radical (unpaired) electrons. The van der Waals surface area contributed by atoms with Gasteiger partial charge < -0.3 is 14.7 Å². The predicted molar refractivity (Wildman–Crippen MR) is 92.6 cm³/mol. The van der Waals surface area contributed by atoms with Crippen molar-refractivity contribution in [1.29, 1.82) is 0 Å². The highest BCUT2D eigenvalue weighted by Gasteiger charge is 2.29. The van der Waals surface area contributed by atoms with Gasteiger partial charge in [-0.15, -0.1) is 0 Å². The van der Waals surface area contributed by atoms with Gasteiger partial charge in [-0.1, -0.05) is 13.3 Å². The fraction of sp³-hybridized carbons (Fsp3) is 0.684. The Labute approximate surface area is 144 Å². The topological polar surface area (TPSA) is 62.7 Å². The van der Waals surface area contributed by atoms with E-state index in [-0.39, 0.29) is 11.8 Å². The van der Waals surface area contributed by atoms with Crippen LogP contribution in [0, 0.1) is 5.92 Å². The number of pyridine rings is 1. The maximum atomic E-state index is 11.3. The van der Waals surface area contributed by atoms with Crippen LogP contribution >= 0.6 is 0 Å². The zero-order chi connectivity index (χ0) is 16.9. The van der Waals surface area contributed by atoms with Crippen molar-refractivity contribution in [3.8, 4) is 5.75 Å². The number of likely N-dealkylation sites (tertiary alicyclic amines) is 1. The van der Waals surface area contributed by atoms with Crippen molar-refractivity contribution in [3.05, 3.63) is 23.5 Å². The molecule has 0 saturated carbocycles. The third-order valence-electron chi connectivity index (χ3n) is 5.34. The minimum Gasteiger partial charge on any atom is -0.488 e. The zero-order valence-electron chi connectivity index (χ0n) is 14.5. The van der Waals surface area contributed by atoms with Gasteiger partial charge in [0.25, 0.3) is 0 Å². The number of carboxylic acid groups (broad SMARTS) is 1. The fourth-order valence-corrected chi connectivity index (χ4v) is 3.88. The lowest BCUT2D eigenvalue weighted by Crippen LogP contribution is -2.36. The monoisotopic (exact) mass is 332 g/mol. The lowest BCUT2D eigenvalue weighted by atomic mass is 9.88. The molecular weight excluding hydrogens is 304 g/mol. The number of ether oxygens (including phenoxy) is 1. The van der Waals surface area contributed by atoms with Crippen LogP contribution in [0.3, 0.4) is 0 Å². The van der Waals surface area contributed by atoms with Crippen LogP contribution in [-0.2, 0) is 6.42 Å². The smallest absolute Gasteiger partial charge is 0.358 e. The summed E-state index contributed by atoms with van der Waals surface area (Å²) in [5.74, 6) is 0.192. The normalized spacial score (nSPS) is 22.0. The molecule has 1 aromatic heterocycles. The van der Waals surface area contributed by atoms with Gasteiger partial charge in [0, 0.05) is 6.20 Å². The van der Waals surface area contributed by atoms with Crippen LogP contribution < -0.4 is 4.74 Å². The molecule has 0 amide bonds. The Morgan fingerprint density at radius 1 is 1.38 bits per heavy atom. The summed E-state index contributed by atoms with van der Waals surface area (Å²) in [5.41, 5.74) is 1.04. The summed E-state index contributed by atoms with van der Waals surface area (Å²) in [4.78, 5) is 17.9. The molecule has 5 nitrogen and oxygen atoms in total. The number of carboxylic acids is 1. The maximum absolute atomic E-state index is 11.3. The van der Waals surface area contributed by atoms with Crippen LogP contribution in [0.5, 0.6) is 5.75 Å². The summed E-state index contributed by atoms with van der Waals surface area (Å²) in [6, 6.07) is 1.88. The minimum atomic E-state index is -1.00. The van der Waals surface area contributed by atoms with Crippen LogP contribution in [0.25, 0.3) is 0 Å². The standard InChI is InChI=1S/C19H28N2O3/c1-2-3-10-21-11-7-14(8-12-21)13-16-5-4-15-6-9-20-17(19(22)23)18(15)24-16/h6,9,14,16H,2-5,7-8,10-13H2,1H3,(H,22,23). The number of hydrogen-bond acceptors (Lipinski definition) is 4. The van der Waals surface area contributed by atoms with Gasteiger partial charge in [0.05, 0.1) is 6.10 Å². The van der Waals surface area contributed by atoms with Crippen LogP contribution in [0.15, 0.2) is 12.3 Å². The minimum absolute atomic E-state index is 0.0617. The number of fused-ring (bicyclic) bond motifs is 1. The van der Waals surface area contributed by atoms with Gasteiger partial charge in [0.2, 0.25) is 0 Å². The molecule has 3 rings (SSSR count). The summed E-state index contributed by atoms with van der Waals surface area (Å²) in [7, 11) is 0. The van der Waals surface area contributed by atoms with Gasteiger partial charge in [-0.25, -0.2) is 9.78 Å². The van der Waals surface area contributed by atoms with Gasteiger partial charge in [0.1, 0.15) is 0 Å². The molecular formula is C19H28N2O3. The molecule has 2 aliphatic rings. The third-order valence-corrected chi connectivity index (χ3v) is 5.34. The Balaban J connectivity index is 1.54. The zero-order valence-corrected chi connectivity index (χ0v) is 14.5. The molecule has 1 atom stereocenters. The maximum Gasteiger partial charge on any atom is 0.358 e. The Kier molecular flexibility index (Phi) is 5.72. The first-order valence-corrected chi connectivity index (χ1v) is 9.27. The second-order valence-electron chi connectivity index (χ2n) is 7.11. The summed E-state index contributed by atoms with van der Waals surface area (Å²) in [5, 5.41) is 9.30. The Hall–Kier alpha value is -1.62. The first-order valence-electron chi connectivity index (χ1n) is 9.27. The van der Waals surface area contributed by atoms with Crippen molar-refractivity contribution in [2.45, 2.75) is 58.0 Å². The van der Waals surface area contributed by atoms with Gasteiger partial charge in [-0.3, -0.25) is 0 Å². The Bertz CT molecular complexity index is 568. The largest absolute Gasteiger partial charge is 0.488 e. The highest BCUT2D eigenvalue weighted by molar-refractivity contribution is 5.89. The van der Waals surface area contributed by atoms with Gasteiger partial charge in [0.15, 0.2) is 11.4 Å². The molecule has 3 heterocycles. The molecule has 0 aromatic carbocycles. The van der Waals surface area contributed by atoms with E-state index >= 15 is 0 Å². The van der Waals surface area contributed by atoms with Gasteiger partial charge in [-0.05, 0) is 75.7 Å². The molecule has 0 bridgehead atoms. The summed E-state index contributed by atoms with van der Waals surface area (Å²) >= 11 is 0. The van der Waals surface area contributed by atoms with Crippen molar-refractivity contribution in [1.82, 2.24) is 9.88 Å². The van der Waals surface area contributed by atoms with E-state index in [2.05, 4.69) is 16.8 Å². The molecule has 1 aromatic rings. The van der Waals surface area contributed by atoms with Crippen molar-refractivity contribution in [2.24, 2.45) is 5.92 Å². The first-order chi connectivity index (χ1) is 11.7. The molecule has 1 unspecified atom stereocenters. The number of unbranched alkanes of at least 4 members (excludes halogenated alkanes) is 1. The third kappa shape index (κ3) is 4.07. The highest BCUT2D eigenvalue weighted by atomic mass is 16.5. The lowest BCUT2D eigenvalue weighted by molar-refractivity contribution is 0.0670. The number of aryl methyl sites for hydroxylation is 1. The van der Waals surface area contributed by atoms with Crippen LogP contribution in [0.2, 0.25) is 0 Å². The fourth-order valence-electron chi connectivity index (χ4n) is 3.88. The van der Waals surface area contributed by atoms with Crippen molar-refractivity contribution < 1.29 is 14.6 Å². The molecule has 0 spiro atoms. The lowest BCUT2D eigenvalue weighted by Gasteiger charge is -2.35. The molecule has 132 valence electrons. The molecule has 0 aliphatic carbocycles. The molecule has 1 N–H and O–H groups in total. The average Bonchev–Trinajstić information content (AvgIpc) is 2.60. The van der Waals surface area contributed by atoms with Crippen molar-refractivity contribution >= 4 is 5.97 Å². The van der Waals surface area contributed by atoms with Crippen molar-refractivity contribution in [3.63, 3.8) is 0 Å². The van der Waals surface area contributed by atoms with E-state index in [1.54, 1.807) is 6.20 Å². The van der Waals surface area contributed by atoms with Gasteiger partial charge >= 0.3 is 5.97 Å². The van der Waals surface area contributed by atoms with Gasteiger partial charge in [-0.2, -0.15) is 0 Å². The molecule has 1 fully saturated rings. The van der Waals surface area contributed by atoms with Crippen LogP contribution in [-0.4, -0.2) is 46.7 Å². The molecule has 2 aliphatic heterocycles. The van der Waals surface area contributed by atoms with Crippen LogP contribution in [0.4, 0.5) is 0 Å². The van der Waals surface area contributed by atoms with E-state index < -0.39 is 5.97 Å². The number of piperidine rings is 1. The Morgan fingerprint density at radius 3 is 2.88 bits per heavy atom. The number of nitrogens with zero attached hydrogens (tertiary/aromatic N) is 2. The van der Waals surface area contributed by atoms with E-state index in [0.717, 1.165) is 24.8 Å². The van der Waals surface area contributed by atoms with Crippen LogP contribution in [0.1, 0.15) is 61.5 Å². The number of carbonyl (C=O) groups is 1. The quantitative estimate of drug-likeness (QED) is 0.865. The van der Waals surface area contributed by atoms with E-state index in [9.17, 15) is 9.90 Å². The molecule has 24 heavy (non-hydrogen) atoms. The summed E-state index contributed by atoms with van der Waals surface area (Å²) < 4.78 is 6.06. The van der Waals surface area contributed by atoms with E-state index in [0.29, 0.717) is 11.7 Å². The second-order valence-corrected chi connectivity index (χ2v) is 7.11. The number of aromatic nitrogens is 1.